The lowest BCUT2D eigenvalue weighted by molar-refractivity contribution is -0.143. The molecule has 0 spiro atoms. The molecule has 5 N–H and O–H groups in total. The Hall–Kier alpha value is -3.85. The second-order valence-electron chi connectivity index (χ2n) is 10.1. The lowest BCUT2D eigenvalue weighted by Gasteiger charge is -2.17. The van der Waals surface area contributed by atoms with Crippen molar-refractivity contribution in [1.29, 1.82) is 0 Å². The molecule has 0 aliphatic carbocycles. The number of phenols is 1. The number of esters is 2. The maximum Gasteiger partial charge on any atom is 0.351 e. The normalized spacial score (nSPS) is 19.6. The van der Waals surface area contributed by atoms with Gasteiger partial charge in [-0.25, -0.2) is 9.59 Å². The largest absolute Gasteiger partial charge is 0.507 e. The molecule has 4 atom stereocenters. The third-order valence-corrected chi connectivity index (χ3v) is 6.83. The van der Waals surface area contributed by atoms with E-state index < -0.39 is 54.7 Å². The van der Waals surface area contributed by atoms with Gasteiger partial charge in [0.15, 0.2) is 6.23 Å². The molecule has 1 saturated heterocycles. The minimum absolute atomic E-state index is 0.0104. The van der Waals surface area contributed by atoms with Gasteiger partial charge >= 0.3 is 17.6 Å². The predicted octanol–water partition coefficient (Wildman–Crippen LogP) is 1.41. The molecule has 1 aliphatic heterocycles. The van der Waals surface area contributed by atoms with Crippen molar-refractivity contribution in [2.24, 2.45) is 0 Å². The van der Waals surface area contributed by atoms with Crippen molar-refractivity contribution in [3.8, 4) is 5.75 Å². The zero-order valence-corrected chi connectivity index (χ0v) is 23.8. The Kier molecular flexibility index (Phi) is 13.5. The number of para-hydroxylation sites is 1. The number of ether oxygens (including phenoxy) is 3. The number of carbonyl (C=O) groups excluding carboxylic acids is 3. The maximum absolute atomic E-state index is 12.3. The van der Waals surface area contributed by atoms with Gasteiger partial charge in [-0.15, -0.1) is 0 Å². The molecule has 236 valence electrons. The maximum atomic E-state index is 12.3. The van der Waals surface area contributed by atoms with Gasteiger partial charge in [-0.3, -0.25) is 14.2 Å². The monoisotopic (exact) mass is 605 g/mol. The molecule has 0 bridgehead atoms. The first-order valence-corrected chi connectivity index (χ1v) is 14.3. The molecule has 43 heavy (non-hydrogen) atoms. The highest BCUT2D eigenvalue weighted by Crippen LogP contribution is 2.28. The van der Waals surface area contributed by atoms with Gasteiger partial charge in [0.25, 0.3) is 0 Å². The first kappa shape index (κ1) is 33.6. The van der Waals surface area contributed by atoms with Crippen LogP contribution in [-0.2, 0) is 23.8 Å². The van der Waals surface area contributed by atoms with Crippen LogP contribution in [-0.4, -0.2) is 86.0 Å². The summed E-state index contributed by atoms with van der Waals surface area (Å²) < 4.78 is 16.6. The van der Waals surface area contributed by atoms with E-state index in [0.29, 0.717) is 13.0 Å². The molecule has 1 aliphatic rings. The Labute approximate surface area is 248 Å². The third-order valence-electron chi connectivity index (χ3n) is 6.83. The molecule has 1 aromatic heterocycles. The van der Waals surface area contributed by atoms with Gasteiger partial charge in [0.2, 0.25) is 5.91 Å². The number of nitrogens with one attached hydrogen (secondary N) is 1. The highest BCUT2D eigenvalue weighted by atomic mass is 16.6. The smallest absolute Gasteiger partial charge is 0.351 e. The van der Waals surface area contributed by atoms with Crippen molar-refractivity contribution < 1.29 is 49.0 Å². The summed E-state index contributed by atoms with van der Waals surface area (Å²) in [6.07, 6.45) is 1.59. The molecule has 14 heteroatoms. The van der Waals surface area contributed by atoms with Crippen LogP contribution in [0.15, 0.2) is 41.3 Å². The van der Waals surface area contributed by atoms with Gasteiger partial charge in [-0.2, -0.15) is 4.98 Å². The number of phenolic OH excluding ortho intramolecular Hbond substituents is 1. The quantitative estimate of drug-likeness (QED) is 0.128. The van der Waals surface area contributed by atoms with Crippen LogP contribution in [0.25, 0.3) is 0 Å². The van der Waals surface area contributed by atoms with Gasteiger partial charge < -0.3 is 40.0 Å². The van der Waals surface area contributed by atoms with E-state index in [9.17, 15) is 39.6 Å². The topological polar surface area (TPSA) is 207 Å². The average Bonchev–Trinajstić information content (AvgIpc) is 3.27. The summed E-state index contributed by atoms with van der Waals surface area (Å²) in [5, 5.41) is 41.3. The van der Waals surface area contributed by atoms with E-state index in [2.05, 4.69) is 10.3 Å². The molecule has 1 amide bonds. The Morgan fingerprint density at radius 3 is 2.23 bits per heavy atom. The minimum Gasteiger partial charge on any atom is -0.507 e. The number of unbranched alkanes of at least 4 members (excludes halogenated alkanes) is 5. The molecule has 0 saturated carbocycles. The van der Waals surface area contributed by atoms with Crippen LogP contribution in [0.1, 0.15) is 74.4 Å². The highest BCUT2D eigenvalue weighted by molar-refractivity contribution is 5.92. The first-order chi connectivity index (χ1) is 20.7. The van der Waals surface area contributed by atoms with E-state index in [1.54, 1.807) is 12.1 Å². The van der Waals surface area contributed by atoms with Crippen molar-refractivity contribution in [2.75, 3.05) is 25.1 Å². The molecule has 1 aromatic carbocycles. The predicted molar refractivity (Wildman–Crippen MR) is 151 cm³/mol. The number of aromatic nitrogens is 2. The lowest BCUT2D eigenvalue weighted by atomic mass is 10.1. The van der Waals surface area contributed by atoms with Gasteiger partial charge in [-0.1, -0.05) is 37.8 Å². The van der Waals surface area contributed by atoms with Crippen LogP contribution in [0.3, 0.4) is 0 Å². The van der Waals surface area contributed by atoms with Crippen molar-refractivity contribution in [1.82, 2.24) is 9.55 Å². The van der Waals surface area contributed by atoms with E-state index in [0.717, 1.165) is 36.7 Å². The number of rotatable bonds is 17. The number of aliphatic hydroxyl groups is 3. The first-order valence-electron chi connectivity index (χ1n) is 14.3. The minimum atomic E-state index is -1.44. The Bertz CT molecular complexity index is 1270. The van der Waals surface area contributed by atoms with Gasteiger partial charge in [0, 0.05) is 19.0 Å². The number of nitrogens with zero attached hydrogens (tertiary/aromatic N) is 2. The fraction of sp³-hybridized carbons (Fsp3) is 0.552. The summed E-state index contributed by atoms with van der Waals surface area (Å²) in [4.78, 5) is 52.1. The Morgan fingerprint density at radius 1 is 0.907 bits per heavy atom. The summed E-state index contributed by atoms with van der Waals surface area (Å²) in [7, 11) is 0. The number of aromatic hydroxyl groups is 1. The van der Waals surface area contributed by atoms with Crippen LogP contribution >= 0.6 is 0 Å². The summed E-state index contributed by atoms with van der Waals surface area (Å²) in [5.74, 6) is -1.52. The summed E-state index contributed by atoms with van der Waals surface area (Å²) in [5.41, 5.74) is -0.681. The number of anilines is 1. The Morgan fingerprint density at radius 2 is 1.58 bits per heavy atom. The fourth-order valence-electron chi connectivity index (χ4n) is 4.44. The van der Waals surface area contributed by atoms with Crippen LogP contribution < -0.4 is 11.0 Å². The number of benzene rings is 1. The number of amides is 1. The van der Waals surface area contributed by atoms with Gasteiger partial charge in [0.05, 0.1) is 19.8 Å². The van der Waals surface area contributed by atoms with E-state index in [4.69, 9.17) is 14.2 Å². The molecule has 1 fully saturated rings. The second kappa shape index (κ2) is 17.3. The zero-order chi connectivity index (χ0) is 31.2. The van der Waals surface area contributed by atoms with Crippen LogP contribution in [0.4, 0.5) is 5.82 Å². The molecule has 0 unspecified atom stereocenters. The highest BCUT2D eigenvalue weighted by Gasteiger charge is 2.43. The standard InChI is InChI=1S/C29H39N3O11/c33-18-21-25(37)26(38)27(43-21)32-15-14-22(31-29(32)40)30-23(35)12-9-13-24(36)41-16-7-3-1-2-4-8-17-42-28(39)19-10-5-6-11-20(19)34/h5-6,10-11,14-15,21,25-27,33-34,37-38H,1-4,7-9,12-13,16-18H2,(H,30,31,35,40)/t21-,25-,26+,27-/m1/s1. The van der Waals surface area contributed by atoms with Crippen LogP contribution in [0, 0.1) is 0 Å². The zero-order valence-electron chi connectivity index (χ0n) is 23.8. The van der Waals surface area contributed by atoms with E-state index in [1.807, 2.05) is 0 Å². The van der Waals surface area contributed by atoms with Crippen LogP contribution in [0.5, 0.6) is 5.75 Å². The molecule has 2 heterocycles. The molecular weight excluding hydrogens is 566 g/mol. The van der Waals surface area contributed by atoms with Crippen molar-refractivity contribution in [3.63, 3.8) is 0 Å². The summed E-state index contributed by atoms with van der Waals surface area (Å²) in [6.45, 7) is 0.0358. The van der Waals surface area contributed by atoms with Crippen LogP contribution in [0.2, 0.25) is 0 Å². The third kappa shape index (κ3) is 10.4. The second-order valence-corrected chi connectivity index (χ2v) is 10.1. The van der Waals surface area contributed by atoms with E-state index in [-0.39, 0.29) is 43.0 Å². The molecule has 14 nitrogen and oxygen atoms in total. The van der Waals surface area contributed by atoms with Crippen molar-refractivity contribution >= 4 is 23.7 Å². The summed E-state index contributed by atoms with van der Waals surface area (Å²) >= 11 is 0. The Balaban J connectivity index is 1.20. The molecule has 0 radical (unpaired) electrons. The van der Waals surface area contributed by atoms with Gasteiger partial charge in [0.1, 0.15) is 35.4 Å². The summed E-state index contributed by atoms with van der Waals surface area (Å²) in [6, 6.07) is 7.56. The molecular formula is C29H39N3O11. The van der Waals surface area contributed by atoms with Crippen molar-refractivity contribution in [3.05, 3.63) is 52.6 Å². The SMILES string of the molecule is O=C(CCCC(=O)OCCCCCCCCOC(=O)c1ccccc1O)Nc1ccn([C@@H]2O[C@H](CO)[C@@H](O)[C@@H]2O)c(=O)n1. The average molecular weight is 606 g/mol. The molecule has 3 rings (SSSR count). The van der Waals surface area contributed by atoms with E-state index >= 15 is 0 Å². The fourth-order valence-corrected chi connectivity index (χ4v) is 4.44. The van der Waals surface area contributed by atoms with Gasteiger partial charge in [-0.05, 0) is 37.5 Å². The van der Waals surface area contributed by atoms with E-state index in [1.165, 1.54) is 24.4 Å². The molecule has 2 aromatic rings. The number of hydrogen-bond acceptors (Lipinski definition) is 12. The number of hydrogen-bond donors (Lipinski definition) is 5. The van der Waals surface area contributed by atoms with Crippen molar-refractivity contribution in [2.45, 2.75) is 82.3 Å². The lowest BCUT2D eigenvalue weighted by Crippen LogP contribution is -2.36. The number of carbonyl (C=O) groups is 3. The number of aliphatic hydroxyl groups excluding tert-OH is 3.